The van der Waals surface area contributed by atoms with E-state index in [0.29, 0.717) is 61.6 Å². The number of morpholine rings is 1. The molecule has 2 fully saturated rings. The quantitative estimate of drug-likeness (QED) is 0.732. The van der Waals surface area contributed by atoms with Crippen molar-refractivity contribution in [2.75, 3.05) is 83.9 Å². The third-order valence-electron chi connectivity index (χ3n) is 5.60. The van der Waals surface area contributed by atoms with Crippen molar-refractivity contribution >= 4 is 28.6 Å². The molecule has 0 bridgehead atoms. The van der Waals surface area contributed by atoms with Gasteiger partial charge in [-0.15, -0.1) is 0 Å². The highest BCUT2D eigenvalue weighted by Crippen LogP contribution is 2.34. The zero-order valence-electron chi connectivity index (χ0n) is 17.5. The van der Waals surface area contributed by atoms with Gasteiger partial charge in [0.05, 0.1) is 39.5 Å². The third-order valence-corrected chi connectivity index (χ3v) is 5.60. The number of anilines is 2. The zero-order valence-corrected chi connectivity index (χ0v) is 17.5. The van der Waals surface area contributed by atoms with Crippen molar-refractivity contribution in [2.45, 2.75) is 0 Å². The number of nitrogens with zero attached hydrogens (tertiary/aromatic N) is 5. The van der Waals surface area contributed by atoms with Crippen LogP contribution in [0.25, 0.3) is 10.9 Å². The van der Waals surface area contributed by atoms with E-state index in [1.54, 1.807) is 20.3 Å². The first-order valence-electron chi connectivity index (χ1n) is 10.1. The van der Waals surface area contributed by atoms with E-state index in [2.05, 4.69) is 14.8 Å². The van der Waals surface area contributed by atoms with E-state index < -0.39 is 0 Å². The van der Waals surface area contributed by atoms with Crippen LogP contribution < -0.4 is 20.1 Å². The van der Waals surface area contributed by atoms with Gasteiger partial charge in [0.25, 0.3) is 0 Å². The second-order valence-corrected chi connectivity index (χ2v) is 7.39. The molecule has 2 aliphatic rings. The van der Waals surface area contributed by atoms with Gasteiger partial charge in [-0.1, -0.05) is 0 Å². The molecule has 0 saturated carbocycles. The average molecular weight is 416 g/mol. The number of benzene rings is 1. The molecule has 1 amide bonds. The Kier molecular flexibility index (Phi) is 6.05. The summed E-state index contributed by atoms with van der Waals surface area (Å²) >= 11 is 0. The summed E-state index contributed by atoms with van der Waals surface area (Å²) < 4.78 is 16.0. The van der Waals surface area contributed by atoms with Gasteiger partial charge in [-0.2, -0.15) is 4.98 Å². The summed E-state index contributed by atoms with van der Waals surface area (Å²) in [6.45, 7) is 6.03. The molecule has 4 rings (SSSR count). The van der Waals surface area contributed by atoms with Gasteiger partial charge in [0.1, 0.15) is 5.82 Å². The van der Waals surface area contributed by atoms with Crippen molar-refractivity contribution < 1.29 is 19.0 Å². The Morgan fingerprint density at radius 3 is 2.37 bits per heavy atom. The van der Waals surface area contributed by atoms with E-state index in [-0.39, 0.29) is 5.91 Å². The topological polar surface area (TPSA) is 106 Å². The number of nitrogen functional groups attached to an aromatic ring is 1. The number of carbonyl (C=O) groups excluding carboxylic acids is 1. The number of amides is 1. The van der Waals surface area contributed by atoms with Crippen molar-refractivity contribution in [3.8, 4) is 11.5 Å². The molecule has 162 valence electrons. The van der Waals surface area contributed by atoms with E-state index in [1.807, 2.05) is 11.0 Å². The maximum absolute atomic E-state index is 12.5. The normalized spacial score (nSPS) is 17.9. The molecule has 2 aromatic rings. The van der Waals surface area contributed by atoms with Gasteiger partial charge >= 0.3 is 0 Å². The largest absolute Gasteiger partial charge is 0.493 e. The van der Waals surface area contributed by atoms with E-state index in [0.717, 1.165) is 31.6 Å². The van der Waals surface area contributed by atoms with Crippen molar-refractivity contribution in [3.63, 3.8) is 0 Å². The number of fused-ring (bicyclic) bond motifs is 1. The highest BCUT2D eigenvalue weighted by Gasteiger charge is 2.24. The number of nitrogens with two attached hydrogens (primary N) is 1. The lowest BCUT2D eigenvalue weighted by molar-refractivity contribution is -0.136. The van der Waals surface area contributed by atoms with Crippen LogP contribution in [0.4, 0.5) is 11.8 Å². The number of ether oxygens (including phenoxy) is 3. The Hall–Kier alpha value is -2.85. The average Bonchev–Trinajstić information content (AvgIpc) is 2.79. The minimum absolute atomic E-state index is 0.166. The molecule has 0 unspecified atom stereocenters. The number of hydrogen-bond acceptors (Lipinski definition) is 9. The minimum Gasteiger partial charge on any atom is -0.493 e. The first-order chi connectivity index (χ1) is 14.6. The van der Waals surface area contributed by atoms with Gasteiger partial charge in [0, 0.05) is 50.7 Å². The van der Waals surface area contributed by atoms with Crippen LogP contribution in [0, 0.1) is 0 Å². The highest BCUT2D eigenvalue weighted by molar-refractivity contribution is 5.91. The standard InChI is InChI=1S/C20H28N6O4/c1-28-16-11-14-15(12-17(16)29-2)22-20(23-19(14)21)26-5-3-24(4-6-26)13-18(27)25-7-9-30-10-8-25/h11-12H,3-10,13H2,1-2H3,(H2,21,22,23). The number of aromatic nitrogens is 2. The summed E-state index contributed by atoms with van der Waals surface area (Å²) in [5.41, 5.74) is 6.92. The van der Waals surface area contributed by atoms with Crippen LogP contribution in [0.3, 0.4) is 0 Å². The van der Waals surface area contributed by atoms with Crippen LogP contribution >= 0.6 is 0 Å². The molecule has 10 heteroatoms. The molecular weight excluding hydrogens is 388 g/mol. The Balaban J connectivity index is 1.43. The summed E-state index contributed by atoms with van der Waals surface area (Å²) in [4.78, 5) is 27.8. The van der Waals surface area contributed by atoms with Gasteiger partial charge < -0.3 is 29.7 Å². The van der Waals surface area contributed by atoms with Crippen LogP contribution in [0.5, 0.6) is 11.5 Å². The van der Waals surface area contributed by atoms with E-state index >= 15 is 0 Å². The zero-order chi connectivity index (χ0) is 21.1. The lowest BCUT2D eigenvalue weighted by Crippen LogP contribution is -2.51. The molecule has 0 aliphatic carbocycles. The Morgan fingerprint density at radius 2 is 1.70 bits per heavy atom. The Morgan fingerprint density at radius 1 is 1.03 bits per heavy atom. The molecule has 1 aromatic carbocycles. The summed E-state index contributed by atoms with van der Waals surface area (Å²) in [6, 6.07) is 3.61. The second kappa shape index (κ2) is 8.88. The SMILES string of the molecule is COc1cc2nc(N3CCN(CC(=O)N4CCOCC4)CC3)nc(N)c2cc1OC. The molecule has 2 N–H and O–H groups in total. The van der Waals surface area contributed by atoms with E-state index in [4.69, 9.17) is 24.9 Å². The number of piperazine rings is 1. The van der Waals surface area contributed by atoms with Crippen molar-refractivity contribution in [1.29, 1.82) is 0 Å². The number of hydrogen-bond donors (Lipinski definition) is 1. The predicted octanol–water partition coefficient (Wildman–Crippen LogP) is 0.210. The van der Waals surface area contributed by atoms with Gasteiger partial charge in [-0.3, -0.25) is 9.69 Å². The predicted molar refractivity (Wildman–Crippen MR) is 113 cm³/mol. The molecule has 1 aromatic heterocycles. The van der Waals surface area contributed by atoms with Gasteiger partial charge in [0.2, 0.25) is 11.9 Å². The fourth-order valence-corrected chi connectivity index (χ4v) is 3.82. The number of rotatable bonds is 5. The maximum Gasteiger partial charge on any atom is 0.236 e. The van der Waals surface area contributed by atoms with Gasteiger partial charge in [0.15, 0.2) is 11.5 Å². The first-order valence-corrected chi connectivity index (χ1v) is 10.1. The lowest BCUT2D eigenvalue weighted by atomic mass is 10.2. The molecule has 0 radical (unpaired) electrons. The molecule has 10 nitrogen and oxygen atoms in total. The second-order valence-electron chi connectivity index (χ2n) is 7.39. The van der Waals surface area contributed by atoms with Crippen molar-refractivity contribution in [2.24, 2.45) is 0 Å². The molecular formula is C20H28N6O4. The molecule has 2 saturated heterocycles. The molecule has 3 heterocycles. The summed E-state index contributed by atoms with van der Waals surface area (Å²) in [5.74, 6) is 2.35. The van der Waals surface area contributed by atoms with Crippen LogP contribution in [-0.4, -0.2) is 98.9 Å². The van der Waals surface area contributed by atoms with Crippen LogP contribution in [-0.2, 0) is 9.53 Å². The molecule has 30 heavy (non-hydrogen) atoms. The number of methoxy groups -OCH3 is 2. The van der Waals surface area contributed by atoms with Crippen LogP contribution in [0.15, 0.2) is 12.1 Å². The third kappa shape index (κ3) is 4.19. The minimum atomic E-state index is 0.166. The van der Waals surface area contributed by atoms with Crippen LogP contribution in [0.1, 0.15) is 0 Å². The lowest BCUT2D eigenvalue weighted by Gasteiger charge is -2.36. The van der Waals surface area contributed by atoms with E-state index in [1.165, 1.54) is 0 Å². The molecule has 2 aliphatic heterocycles. The highest BCUT2D eigenvalue weighted by atomic mass is 16.5. The molecule has 0 spiro atoms. The van der Waals surface area contributed by atoms with E-state index in [9.17, 15) is 4.79 Å². The fraction of sp³-hybridized carbons (Fsp3) is 0.550. The molecule has 0 atom stereocenters. The Labute approximate surface area is 175 Å². The van der Waals surface area contributed by atoms with Crippen molar-refractivity contribution in [1.82, 2.24) is 19.8 Å². The maximum atomic E-state index is 12.5. The summed E-state index contributed by atoms with van der Waals surface area (Å²) in [7, 11) is 3.17. The number of carbonyl (C=O) groups is 1. The van der Waals surface area contributed by atoms with Crippen molar-refractivity contribution in [3.05, 3.63) is 12.1 Å². The summed E-state index contributed by atoms with van der Waals surface area (Å²) in [5, 5.41) is 0.728. The van der Waals surface area contributed by atoms with Gasteiger partial charge in [-0.05, 0) is 6.07 Å². The smallest absolute Gasteiger partial charge is 0.236 e. The first kappa shape index (κ1) is 20.4. The van der Waals surface area contributed by atoms with Gasteiger partial charge in [-0.25, -0.2) is 4.98 Å². The summed E-state index contributed by atoms with van der Waals surface area (Å²) in [6.07, 6.45) is 0. The monoisotopic (exact) mass is 416 g/mol. The van der Waals surface area contributed by atoms with Crippen LogP contribution in [0.2, 0.25) is 0 Å². The Bertz CT molecular complexity index is 910. The fourth-order valence-electron chi connectivity index (χ4n) is 3.82.